The number of hydrazine groups is 1. The van der Waals surface area contributed by atoms with Gasteiger partial charge >= 0.3 is 0 Å². The van der Waals surface area contributed by atoms with Gasteiger partial charge in [-0.1, -0.05) is 81.2 Å². The number of Topliss-reactive ketones (excluding diaryl/α,β-unsaturated/α-hetero) is 1. The van der Waals surface area contributed by atoms with Crippen molar-refractivity contribution in [2.24, 2.45) is 11.8 Å². The van der Waals surface area contributed by atoms with Gasteiger partial charge in [-0.05, 0) is 42.5 Å². The highest BCUT2D eigenvalue weighted by Gasteiger charge is 2.88. The molecule has 2 bridgehead atoms. The summed E-state index contributed by atoms with van der Waals surface area (Å²) in [6.07, 6.45) is 0. The summed E-state index contributed by atoms with van der Waals surface area (Å²) in [6.45, 7) is -0.761. The fraction of sp³-hybridized carbons (Fsp3) is 0.250. The van der Waals surface area contributed by atoms with Gasteiger partial charge in [0.05, 0.1) is 32.5 Å². The van der Waals surface area contributed by atoms with Crippen molar-refractivity contribution in [3.63, 3.8) is 0 Å². The number of nitrogens with zero attached hydrogens (tertiary/aromatic N) is 2. The summed E-state index contributed by atoms with van der Waals surface area (Å²) in [5.74, 6) is -6.67. The topological polar surface area (TPSA) is 74.8 Å². The van der Waals surface area contributed by atoms with Crippen LogP contribution in [-0.4, -0.2) is 54.1 Å². The van der Waals surface area contributed by atoms with Crippen molar-refractivity contribution in [3.8, 4) is 0 Å². The van der Waals surface area contributed by atoms with E-state index in [1.165, 1.54) is 42.5 Å². The van der Waals surface area contributed by atoms with Crippen molar-refractivity contribution in [1.29, 1.82) is 0 Å². The van der Waals surface area contributed by atoms with E-state index in [1.54, 1.807) is 0 Å². The quantitative estimate of drug-likeness (QED) is 0.185. The van der Waals surface area contributed by atoms with E-state index in [9.17, 15) is 19.2 Å². The van der Waals surface area contributed by atoms with Gasteiger partial charge in [-0.3, -0.25) is 19.2 Å². The monoisotopic (exact) mass is 706 g/mol. The minimum Gasteiger partial charge on any atom is -0.292 e. The highest BCUT2D eigenvalue weighted by atomic mass is 35.5. The van der Waals surface area contributed by atoms with E-state index in [4.69, 9.17) is 104 Å². The molecule has 1 heterocycles. The number of imide groups is 1. The standard InChI is InChI=1S/C24H11Cl9N2O4/c25-10-3-1-9(2-4-10)14(36)8-34(19(37)12-6-5-11(26)7-13(12)27)35-20(38)15-16(21(35)39)23(31)18(29)17(28)22(15,30)24(23,32)33/h1-7,15-16H,8H2/t15-,16-,22+,23+/m0/s1. The highest BCUT2D eigenvalue weighted by molar-refractivity contribution is 6.66. The number of hydrogen-bond donors (Lipinski definition) is 0. The summed E-state index contributed by atoms with van der Waals surface area (Å²) < 4.78 is -2.17. The van der Waals surface area contributed by atoms with Crippen molar-refractivity contribution in [1.82, 2.24) is 10.0 Å². The molecule has 15 heteroatoms. The third-order valence-electron chi connectivity index (χ3n) is 6.98. The normalized spacial score (nSPS) is 28.8. The second-order valence-electron chi connectivity index (χ2n) is 8.99. The molecule has 5 rings (SSSR count). The Morgan fingerprint density at radius 2 is 1.26 bits per heavy atom. The number of alkyl halides is 4. The first-order valence-electron chi connectivity index (χ1n) is 10.9. The fourth-order valence-electron chi connectivity index (χ4n) is 5.12. The average molecular weight is 710 g/mol. The van der Waals surface area contributed by atoms with Crippen molar-refractivity contribution in [2.45, 2.75) is 14.1 Å². The van der Waals surface area contributed by atoms with E-state index in [1.807, 2.05) is 0 Å². The van der Waals surface area contributed by atoms with Crippen LogP contribution >= 0.6 is 104 Å². The zero-order valence-corrected chi connectivity index (χ0v) is 25.6. The van der Waals surface area contributed by atoms with Crippen LogP contribution in [0.4, 0.5) is 0 Å². The Morgan fingerprint density at radius 3 is 1.74 bits per heavy atom. The van der Waals surface area contributed by atoms with Crippen LogP contribution in [0.1, 0.15) is 20.7 Å². The molecule has 2 aromatic rings. The van der Waals surface area contributed by atoms with Crippen LogP contribution in [0.15, 0.2) is 52.5 Å². The Morgan fingerprint density at radius 1 is 0.769 bits per heavy atom. The van der Waals surface area contributed by atoms with E-state index in [0.717, 1.165) is 0 Å². The summed E-state index contributed by atoms with van der Waals surface area (Å²) in [5.41, 5.74) is -0.000297. The maximum atomic E-state index is 13.9. The lowest BCUT2D eigenvalue weighted by molar-refractivity contribution is -0.154. The van der Waals surface area contributed by atoms with E-state index in [-0.39, 0.29) is 31.2 Å². The minimum atomic E-state index is -2.17. The smallest absolute Gasteiger partial charge is 0.274 e. The molecule has 1 saturated carbocycles. The summed E-state index contributed by atoms with van der Waals surface area (Å²) in [4.78, 5) is 50.6. The van der Waals surface area contributed by atoms with Crippen molar-refractivity contribution in [2.75, 3.05) is 6.54 Å². The van der Waals surface area contributed by atoms with Gasteiger partial charge < -0.3 is 0 Å². The molecule has 3 aliphatic rings. The third kappa shape index (κ3) is 3.90. The summed E-state index contributed by atoms with van der Waals surface area (Å²) in [6, 6.07) is 9.73. The predicted octanol–water partition coefficient (Wildman–Crippen LogP) is 7.33. The molecular formula is C24H11Cl9N2O4. The first kappa shape index (κ1) is 29.6. The van der Waals surface area contributed by atoms with Crippen LogP contribution in [0, 0.1) is 11.8 Å². The number of allylic oxidation sites excluding steroid dienone is 2. The van der Waals surface area contributed by atoms with Crippen molar-refractivity contribution in [3.05, 3.63) is 78.7 Å². The van der Waals surface area contributed by atoms with Crippen LogP contribution in [0.3, 0.4) is 0 Å². The Kier molecular flexibility index (Phi) is 7.45. The number of amides is 3. The molecule has 3 amide bonds. The third-order valence-corrected chi connectivity index (χ3v) is 12.0. The number of carbonyl (C=O) groups is 4. The van der Waals surface area contributed by atoms with Crippen LogP contribution in [0.2, 0.25) is 15.1 Å². The highest BCUT2D eigenvalue weighted by Crippen LogP contribution is 2.77. The molecular weight excluding hydrogens is 699 g/mol. The molecule has 2 aliphatic carbocycles. The number of hydrogen-bond acceptors (Lipinski definition) is 4. The van der Waals surface area contributed by atoms with Gasteiger partial charge in [-0.2, -0.15) is 5.01 Å². The number of halogens is 9. The zero-order chi connectivity index (χ0) is 28.8. The van der Waals surface area contributed by atoms with Gasteiger partial charge in [0.1, 0.15) is 16.3 Å². The summed E-state index contributed by atoms with van der Waals surface area (Å²) >= 11 is 57.4. The number of fused-ring (bicyclic) bond motifs is 5. The largest absolute Gasteiger partial charge is 0.292 e. The molecule has 0 unspecified atom stereocenters. The van der Waals surface area contributed by atoms with Gasteiger partial charge in [-0.25, -0.2) is 5.01 Å². The lowest BCUT2D eigenvalue weighted by atomic mass is 9.84. The molecule has 0 N–H and O–H groups in total. The molecule has 0 spiro atoms. The SMILES string of the molecule is O=C(CN(C(=O)c1ccc(Cl)cc1Cl)N1C(=O)[C@@H]2[C@@H](C1=O)[C@@]1(Cl)C(Cl)=C(Cl)[C@@]2(Cl)C1(Cl)Cl)c1ccc(Cl)cc1. The fourth-order valence-corrected chi connectivity index (χ4v) is 8.66. The van der Waals surface area contributed by atoms with Crippen LogP contribution < -0.4 is 0 Å². The Hall–Kier alpha value is -0.930. The number of benzene rings is 2. The number of carbonyl (C=O) groups excluding carboxylic acids is 4. The van der Waals surface area contributed by atoms with Gasteiger partial charge in [0.25, 0.3) is 17.7 Å². The maximum absolute atomic E-state index is 13.9. The Labute approximate surface area is 266 Å². The average Bonchev–Trinajstić information content (AvgIpc) is 3.26. The van der Waals surface area contributed by atoms with E-state index >= 15 is 0 Å². The molecule has 2 fully saturated rings. The lowest BCUT2D eigenvalue weighted by Crippen LogP contribution is -2.56. The zero-order valence-electron chi connectivity index (χ0n) is 18.8. The van der Waals surface area contributed by atoms with Crippen LogP contribution in [0.25, 0.3) is 0 Å². The van der Waals surface area contributed by atoms with Gasteiger partial charge in [0.2, 0.25) is 0 Å². The van der Waals surface area contributed by atoms with Crippen LogP contribution in [0.5, 0.6) is 0 Å². The second kappa shape index (κ2) is 9.82. The molecule has 1 aliphatic heterocycles. The molecule has 4 atom stereocenters. The van der Waals surface area contributed by atoms with E-state index in [2.05, 4.69) is 0 Å². The van der Waals surface area contributed by atoms with Crippen LogP contribution in [-0.2, 0) is 9.59 Å². The predicted molar refractivity (Wildman–Crippen MR) is 152 cm³/mol. The van der Waals surface area contributed by atoms with Crippen molar-refractivity contribution < 1.29 is 19.2 Å². The summed E-state index contributed by atoms with van der Waals surface area (Å²) in [5, 5.41) is 1.05. The number of rotatable bonds is 5. The van der Waals surface area contributed by atoms with E-state index in [0.29, 0.717) is 15.0 Å². The minimum absolute atomic E-state index is 0.0910. The second-order valence-corrected chi connectivity index (χ2v) is 13.5. The van der Waals surface area contributed by atoms with Crippen molar-refractivity contribution >= 4 is 128 Å². The maximum Gasteiger partial charge on any atom is 0.274 e. The molecule has 2 aromatic carbocycles. The Balaban J connectivity index is 1.61. The molecule has 0 radical (unpaired) electrons. The number of ketones is 1. The molecule has 0 aromatic heterocycles. The lowest BCUT2D eigenvalue weighted by Gasteiger charge is -2.36. The first-order valence-corrected chi connectivity index (χ1v) is 14.3. The molecule has 204 valence electrons. The molecule has 39 heavy (non-hydrogen) atoms. The Bertz CT molecular complexity index is 1470. The first-order chi connectivity index (χ1) is 18.1. The van der Waals surface area contributed by atoms with Gasteiger partial charge in [-0.15, -0.1) is 23.2 Å². The molecule has 6 nitrogen and oxygen atoms in total. The van der Waals surface area contributed by atoms with Gasteiger partial charge in [0, 0.05) is 15.6 Å². The molecule has 1 saturated heterocycles. The van der Waals surface area contributed by atoms with Gasteiger partial charge in [0.15, 0.2) is 10.1 Å². The summed E-state index contributed by atoms with van der Waals surface area (Å²) in [7, 11) is 0. The van der Waals surface area contributed by atoms with E-state index < -0.39 is 56.0 Å².